The van der Waals surface area contributed by atoms with Gasteiger partial charge in [-0.1, -0.05) is 22.6 Å². The number of ether oxygens (including phenoxy) is 10. The quantitative estimate of drug-likeness (QED) is 0.0169. The Morgan fingerprint density at radius 3 is 0.955 bits per heavy atom. The number of carbonyl (C=O) groups excluding carboxylic acids is 1. The third kappa shape index (κ3) is 20.0. The van der Waals surface area contributed by atoms with Crippen LogP contribution in [0.25, 0.3) is 0 Å². The van der Waals surface area contributed by atoms with Gasteiger partial charge in [-0.3, -0.25) is 4.79 Å². The van der Waals surface area contributed by atoms with Crippen LogP contribution in [0.1, 0.15) is 6.42 Å². The Bertz CT molecular complexity index is 860. The van der Waals surface area contributed by atoms with Crippen molar-refractivity contribution in [3.63, 3.8) is 0 Å². The van der Waals surface area contributed by atoms with E-state index in [1.807, 2.05) is 0 Å². The number of carbonyl (C=O) groups is 1. The van der Waals surface area contributed by atoms with Crippen molar-refractivity contribution in [2.24, 2.45) is 0 Å². The molecular formula is C27H40F5IO11. The summed E-state index contributed by atoms with van der Waals surface area (Å²) in [5.74, 6) is -14.1. The molecule has 1 aromatic carbocycles. The molecule has 0 spiro atoms. The van der Waals surface area contributed by atoms with Gasteiger partial charge in [0.05, 0.1) is 125 Å². The highest BCUT2D eigenvalue weighted by atomic mass is 127. The molecule has 1 rings (SSSR count). The van der Waals surface area contributed by atoms with Crippen LogP contribution in [0.3, 0.4) is 0 Å². The van der Waals surface area contributed by atoms with Crippen LogP contribution in [0, 0.1) is 29.1 Å². The van der Waals surface area contributed by atoms with E-state index in [0.29, 0.717) is 85.9 Å². The van der Waals surface area contributed by atoms with Crippen LogP contribution in [0.4, 0.5) is 22.0 Å². The average molecular weight is 763 g/mol. The predicted molar refractivity (Wildman–Crippen MR) is 153 cm³/mol. The van der Waals surface area contributed by atoms with Crippen molar-refractivity contribution in [1.82, 2.24) is 0 Å². The number of esters is 1. The van der Waals surface area contributed by atoms with Crippen LogP contribution in [-0.4, -0.2) is 129 Å². The number of benzene rings is 1. The molecule has 0 aliphatic rings. The zero-order chi connectivity index (χ0) is 32.3. The van der Waals surface area contributed by atoms with E-state index in [2.05, 4.69) is 27.3 Å². The van der Waals surface area contributed by atoms with Gasteiger partial charge in [0.25, 0.3) is 0 Å². The molecule has 0 unspecified atom stereocenters. The van der Waals surface area contributed by atoms with E-state index in [4.69, 9.17) is 42.6 Å². The average Bonchev–Trinajstić information content (AvgIpc) is 3.02. The summed E-state index contributed by atoms with van der Waals surface area (Å²) in [6.07, 6.45) is -0.482. The topological polar surface area (TPSA) is 109 Å². The minimum Gasteiger partial charge on any atom is -0.420 e. The lowest BCUT2D eigenvalue weighted by Gasteiger charge is -2.09. The fraction of sp³-hybridized carbons (Fsp3) is 0.741. The summed E-state index contributed by atoms with van der Waals surface area (Å²) >= 11 is 2.25. The first-order chi connectivity index (χ1) is 21.4. The molecule has 0 amide bonds. The summed E-state index contributed by atoms with van der Waals surface area (Å²) < 4.78 is 119. The van der Waals surface area contributed by atoms with E-state index in [-0.39, 0.29) is 26.4 Å². The Morgan fingerprint density at radius 1 is 0.409 bits per heavy atom. The fourth-order valence-electron chi connectivity index (χ4n) is 2.91. The van der Waals surface area contributed by atoms with Crippen molar-refractivity contribution < 1.29 is 74.1 Å². The molecular weight excluding hydrogens is 722 g/mol. The lowest BCUT2D eigenvalue weighted by Crippen LogP contribution is -2.16. The fourth-order valence-corrected chi connectivity index (χ4v) is 3.22. The van der Waals surface area contributed by atoms with Crippen molar-refractivity contribution in [2.45, 2.75) is 6.42 Å². The van der Waals surface area contributed by atoms with Gasteiger partial charge in [0.1, 0.15) is 0 Å². The minimum atomic E-state index is -2.35. The number of rotatable bonds is 30. The minimum absolute atomic E-state index is 0.0861. The van der Waals surface area contributed by atoms with E-state index in [0.717, 1.165) is 11.0 Å². The van der Waals surface area contributed by atoms with E-state index in [1.165, 1.54) is 0 Å². The van der Waals surface area contributed by atoms with Crippen molar-refractivity contribution in [1.29, 1.82) is 0 Å². The Balaban J connectivity index is 1.79. The highest BCUT2D eigenvalue weighted by molar-refractivity contribution is 14.1. The molecule has 0 atom stereocenters. The van der Waals surface area contributed by atoms with Crippen LogP contribution in [0.15, 0.2) is 0 Å². The molecule has 0 N–H and O–H groups in total. The summed E-state index contributed by atoms with van der Waals surface area (Å²) in [4.78, 5) is 11.6. The summed E-state index contributed by atoms with van der Waals surface area (Å²) in [5.41, 5.74) is 0. The first-order valence-corrected chi connectivity index (χ1v) is 15.4. The zero-order valence-corrected chi connectivity index (χ0v) is 26.6. The maximum atomic E-state index is 13.5. The number of hydrogen-bond acceptors (Lipinski definition) is 11. The zero-order valence-electron chi connectivity index (χ0n) is 24.4. The number of hydrogen-bond donors (Lipinski definition) is 0. The molecule has 0 fully saturated rings. The van der Waals surface area contributed by atoms with Gasteiger partial charge in [-0.2, -0.15) is 8.78 Å². The first-order valence-electron chi connectivity index (χ1n) is 13.9. The van der Waals surface area contributed by atoms with Crippen molar-refractivity contribution in [3.8, 4) is 5.75 Å². The maximum Gasteiger partial charge on any atom is 0.313 e. The van der Waals surface area contributed by atoms with Gasteiger partial charge in [0, 0.05) is 4.43 Å². The van der Waals surface area contributed by atoms with E-state index >= 15 is 0 Å². The largest absolute Gasteiger partial charge is 0.420 e. The van der Waals surface area contributed by atoms with E-state index in [1.54, 1.807) is 0 Å². The second kappa shape index (κ2) is 28.0. The van der Waals surface area contributed by atoms with Crippen molar-refractivity contribution in [3.05, 3.63) is 29.1 Å². The molecule has 0 radical (unpaired) electrons. The van der Waals surface area contributed by atoms with Gasteiger partial charge in [0.15, 0.2) is 0 Å². The second-order valence-corrected chi connectivity index (χ2v) is 9.40. The highest BCUT2D eigenvalue weighted by Gasteiger charge is 2.28. The molecule has 11 nitrogen and oxygen atoms in total. The Labute approximate surface area is 266 Å². The first kappa shape index (κ1) is 40.7. The molecule has 256 valence electrons. The van der Waals surface area contributed by atoms with Crippen LogP contribution in [0.5, 0.6) is 5.75 Å². The third-order valence-corrected chi connectivity index (χ3v) is 5.47. The molecule has 0 bridgehead atoms. The van der Waals surface area contributed by atoms with Gasteiger partial charge in [-0.05, 0) is 0 Å². The lowest BCUT2D eigenvalue weighted by atomic mass is 10.2. The van der Waals surface area contributed by atoms with Crippen LogP contribution >= 0.6 is 22.6 Å². The van der Waals surface area contributed by atoms with Gasteiger partial charge in [0.2, 0.25) is 34.8 Å². The third-order valence-electron chi connectivity index (χ3n) is 5.03. The molecule has 0 heterocycles. The van der Waals surface area contributed by atoms with E-state index < -0.39 is 47.2 Å². The second-order valence-electron chi connectivity index (χ2n) is 8.32. The molecule has 0 aliphatic carbocycles. The standard InChI is InChI=1S/C27H40F5IO11/c28-22-23(29)25(31)27(26(32)24(22)30)44-21(34)1-3-35-5-7-37-9-11-39-13-15-41-17-19-43-20-18-42-16-14-40-12-10-38-8-6-36-4-2-33/h1-20H2. The summed E-state index contributed by atoms with van der Waals surface area (Å²) in [5, 5.41) is 0. The maximum absolute atomic E-state index is 13.5. The molecule has 0 aromatic heterocycles. The van der Waals surface area contributed by atoms with Gasteiger partial charge < -0.3 is 47.4 Å². The molecule has 0 saturated carbocycles. The summed E-state index contributed by atoms with van der Waals surface area (Å²) in [7, 11) is 0. The van der Waals surface area contributed by atoms with Crippen LogP contribution < -0.4 is 4.74 Å². The summed E-state index contributed by atoms with van der Waals surface area (Å²) in [6, 6.07) is 0. The molecule has 1 aromatic rings. The van der Waals surface area contributed by atoms with Gasteiger partial charge in [-0.25, -0.2) is 13.2 Å². The number of halogens is 6. The monoisotopic (exact) mass is 762 g/mol. The molecule has 17 heteroatoms. The normalized spacial score (nSPS) is 11.4. The van der Waals surface area contributed by atoms with Crippen LogP contribution in [-0.2, 0) is 47.4 Å². The smallest absolute Gasteiger partial charge is 0.313 e. The highest BCUT2D eigenvalue weighted by Crippen LogP contribution is 2.29. The Morgan fingerprint density at radius 2 is 0.659 bits per heavy atom. The van der Waals surface area contributed by atoms with Crippen molar-refractivity contribution >= 4 is 28.6 Å². The van der Waals surface area contributed by atoms with Gasteiger partial charge >= 0.3 is 5.97 Å². The Hall–Kier alpha value is -1.29. The predicted octanol–water partition coefficient (Wildman–Crippen LogP) is 3.26. The SMILES string of the molecule is O=C(CCOCCOCCOCCOCCOCCOCCOCCOCCOCCI)Oc1c(F)c(F)c(F)c(F)c1F. The lowest BCUT2D eigenvalue weighted by molar-refractivity contribution is -0.136. The van der Waals surface area contributed by atoms with Crippen LogP contribution in [0.2, 0.25) is 0 Å². The summed E-state index contributed by atoms with van der Waals surface area (Å²) in [6.45, 7) is 7.02. The molecule has 44 heavy (non-hydrogen) atoms. The van der Waals surface area contributed by atoms with E-state index in [9.17, 15) is 26.7 Å². The van der Waals surface area contributed by atoms with Crippen molar-refractivity contribution in [2.75, 3.05) is 123 Å². The molecule has 0 saturated heterocycles. The Kier molecular flexibility index (Phi) is 25.9. The molecule has 0 aliphatic heterocycles. The van der Waals surface area contributed by atoms with Gasteiger partial charge in [-0.15, -0.1) is 0 Å². The number of alkyl halides is 1.